The van der Waals surface area contributed by atoms with E-state index in [9.17, 15) is 13.5 Å². The molecule has 0 heterocycles. The molecule has 0 spiro atoms. The number of sulfone groups is 1. The van der Waals surface area contributed by atoms with Crippen LogP contribution >= 0.6 is 0 Å². The van der Waals surface area contributed by atoms with Crippen molar-refractivity contribution in [1.29, 1.82) is 0 Å². The number of aromatic hydroxyl groups is 1. The second kappa shape index (κ2) is 5.54. The first-order chi connectivity index (χ1) is 9.38. The van der Waals surface area contributed by atoms with Crippen molar-refractivity contribution < 1.29 is 13.5 Å². The molecule has 5 heteroatoms. The van der Waals surface area contributed by atoms with Crippen LogP contribution in [-0.2, 0) is 9.84 Å². The van der Waals surface area contributed by atoms with Gasteiger partial charge in [-0.2, -0.15) is 0 Å². The summed E-state index contributed by atoms with van der Waals surface area (Å²) in [6, 6.07) is 13.6. The van der Waals surface area contributed by atoms with Gasteiger partial charge < -0.3 is 10.4 Å². The zero-order chi connectivity index (χ0) is 14.8. The number of hydrogen-bond donors (Lipinski definition) is 2. The summed E-state index contributed by atoms with van der Waals surface area (Å²) in [5.74, 6) is 0.206. The van der Waals surface area contributed by atoms with Crippen LogP contribution in [0.1, 0.15) is 18.5 Å². The molecule has 106 valence electrons. The molecule has 0 fully saturated rings. The molecule has 0 amide bonds. The Kier molecular flexibility index (Phi) is 3.99. The average molecular weight is 291 g/mol. The van der Waals surface area contributed by atoms with Gasteiger partial charge in [-0.05, 0) is 36.8 Å². The van der Waals surface area contributed by atoms with Crippen LogP contribution in [0.5, 0.6) is 5.75 Å². The molecule has 4 nitrogen and oxygen atoms in total. The van der Waals surface area contributed by atoms with Crippen molar-refractivity contribution in [2.24, 2.45) is 0 Å². The van der Waals surface area contributed by atoms with Gasteiger partial charge in [-0.3, -0.25) is 0 Å². The summed E-state index contributed by atoms with van der Waals surface area (Å²) in [6.07, 6.45) is 1.19. The van der Waals surface area contributed by atoms with Crippen molar-refractivity contribution in [2.75, 3.05) is 11.6 Å². The SMILES string of the molecule is CC(Nc1ccccc1S(C)(=O)=O)c1ccc(O)cc1. The predicted molar refractivity (Wildman–Crippen MR) is 79.7 cm³/mol. The number of phenolic OH excluding ortho intramolecular Hbond substituents is 1. The summed E-state index contributed by atoms with van der Waals surface area (Å²) in [6.45, 7) is 1.94. The lowest BCUT2D eigenvalue weighted by Crippen LogP contribution is -2.10. The minimum Gasteiger partial charge on any atom is -0.508 e. The van der Waals surface area contributed by atoms with Crippen LogP contribution in [0.4, 0.5) is 5.69 Å². The van der Waals surface area contributed by atoms with Crippen LogP contribution in [0.15, 0.2) is 53.4 Å². The highest BCUT2D eigenvalue weighted by Crippen LogP contribution is 2.26. The van der Waals surface area contributed by atoms with Crippen LogP contribution in [0.2, 0.25) is 0 Å². The van der Waals surface area contributed by atoms with E-state index in [0.717, 1.165) is 5.56 Å². The van der Waals surface area contributed by atoms with Gasteiger partial charge in [-0.25, -0.2) is 8.42 Å². The van der Waals surface area contributed by atoms with Gasteiger partial charge in [0.25, 0.3) is 0 Å². The lowest BCUT2D eigenvalue weighted by Gasteiger charge is -2.18. The van der Waals surface area contributed by atoms with E-state index in [0.29, 0.717) is 5.69 Å². The Labute approximate surface area is 119 Å². The fourth-order valence-corrected chi connectivity index (χ4v) is 2.84. The van der Waals surface area contributed by atoms with Crippen LogP contribution in [0.3, 0.4) is 0 Å². The van der Waals surface area contributed by atoms with Gasteiger partial charge in [0.2, 0.25) is 0 Å². The van der Waals surface area contributed by atoms with Crippen molar-refractivity contribution >= 4 is 15.5 Å². The van der Waals surface area contributed by atoms with E-state index >= 15 is 0 Å². The van der Waals surface area contributed by atoms with E-state index in [1.54, 1.807) is 48.5 Å². The standard InChI is InChI=1S/C15H17NO3S/c1-11(12-7-9-13(17)10-8-12)16-14-5-3-4-6-15(14)20(2,18)19/h3-11,16-17H,1-2H3. The van der Waals surface area contributed by atoms with E-state index in [4.69, 9.17) is 0 Å². The second-order valence-corrected chi connectivity index (χ2v) is 6.71. The van der Waals surface area contributed by atoms with Gasteiger partial charge in [-0.1, -0.05) is 24.3 Å². The third-order valence-corrected chi connectivity index (χ3v) is 4.21. The highest BCUT2D eigenvalue weighted by molar-refractivity contribution is 7.90. The normalized spacial score (nSPS) is 12.9. The van der Waals surface area contributed by atoms with E-state index in [-0.39, 0.29) is 16.7 Å². The molecule has 1 unspecified atom stereocenters. The zero-order valence-electron chi connectivity index (χ0n) is 11.4. The van der Waals surface area contributed by atoms with E-state index < -0.39 is 9.84 Å². The molecule has 0 bridgehead atoms. The summed E-state index contributed by atoms with van der Waals surface area (Å²) in [5.41, 5.74) is 1.54. The first-order valence-corrected chi connectivity index (χ1v) is 8.11. The Morgan fingerprint density at radius 3 is 2.25 bits per heavy atom. The summed E-state index contributed by atoms with van der Waals surface area (Å²) < 4.78 is 23.5. The maximum absolute atomic E-state index is 11.7. The van der Waals surface area contributed by atoms with Crippen molar-refractivity contribution in [3.8, 4) is 5.75 Å². The topological polar surface area (TPSA) is 66.4 Å². The minimum absolute atomic E-state index is 0.0708. The predicted octanol–water partition coefficient (Wildman–Crippen LogP) is 2.97. The van der Waals surface area contributed by atoms with Crippen LogP contribution < -0.4 is 5.32 Å². The minimum atomic E-state index is -3.27. The van der Waals surface area contributed by atoms with Crippen molar-refractivity contribution in [3.05, 3.63) is 54.1 Å². The molecular formula is C15H17NO3S. The smallest absolute Gasteiger partial charge is 0.177 e. The molecule has 0 saturated heterocycles. The van der Waals surface area contributed by atoms with Crippen LogP contribution in [-0.4, -0.2) is 19.8 Å². The Bertz CT molecular complexity index is 693. The van der Waals surface area contributed by atoms with Crippen molar-refractivity contribution in [2.45, 2.75) is 17.9 Å². The molecule has 1 atom stereocenters. The molecule has 2 aromatic rings. The van der Waals surface area contributed by atoms with Gasteiger partial charge in [-0.15, -0.1) is 0 Å². The lowest BCUT2D eigenvalue weighted by molar-refractivity contribution is 0.475. The first kappa shape index (κ1) is 14.4. The maximum atomic E-state index is 11.7. The third kappa shape index (κ3) is 3.30. The number of rotatable bonds is 4. The second-order valence-electron chi connectivity index (χ2n) is 4.73. The lowest BCUT2D eigenvalue weighted by atomic mass is 10.1. The van der Waals surface area contributed by atoms with Crippen LogP contribution in [0, 0.1) is 0 Å². The Morgan fingerprint density at radius 1 is 1.05 bits per heavy atom. The van der Waals surface area contributed by atoms with Crippen molar-refractivity contribution in [1.82, 2.24) is 0 Å². The molecule has 0 aliphatic rings. The number of phenols is 1. The van der Waals surface area contributed by atoms with Gasteiger partial charge >= 0.3 is 0 Å². The summed E-state index contributed by atoms with van der Waals surface area (Å²) in [4.78, 5) is 0.283. The number of nitrogens with one attached hydrogen (secondary N) is 1. The van der Waals surface area contributed by atoms with Gasteiger partial charge in [0, 0.05) is 12.3 Å². The molecule has 0 aliphatic heterocycles. The molecule has 2 N–H and O–H groups in total. The molecular weight excluding hydrogens is 274 g/mol. The highest BCUT2D eigenvalue weighted by atomic mass is 32.2. The number of anilines is 1. The first-order valence-electron chi connectivity index (χ1n) is 6.22. The van der Waals surface area contributed by atoms with Gasteiger partial charge in [0.15, 0.2) is 9.84 Å². The zero-order valence-corrected chi connectivity index (χ0v) is 12.2. The molecule has 0 saturated carbocycles. The molecule has 0 aliphatic carbocycles. The average Bonchev–Trinajstić information content (AvgIpc) is 2.38. The fraction of sp³-hybridized carbons (Fsp3) is 0.200. The molecule has 0 aromatic heterocycles. The molecule has 20 heavy (non-hydrogen) atoms. The number of benzene rings is 2. The largest absolute Gasteiger partial charge is 0.508 e. The fourth-order valence-electron chi connectivity index (χ4n) is 1.99. The molecule has 0 radical (unpaired) electrons. The summed E-state index contributed by atoms with van der Waals surface area (Å²) >= 11 is 0. The monoisotopic (exact) mass is 291 g/mol. The van der Waals surface area contributed by atoms with Gasteiger partial charge in [0.1, 0.15) is 5.75 Å². The van der Waals surface area contributed by atoms with E-state index in [1.807, 2.05) is 6.92 Å². The highest BCUT2D eigenvalue weighted by Gasteiger charge is 2.14. The summed E-state index contributed by atoms with van der Waals surface area (Å²) in [5, 5.41) is 12.5. The maximum Gasteiger partial charge on any atom is 0.177 e. The third-order valence-electron chi connectivity index (χ3n) is 3.05. The van der Waals surface area contributed by atoms with Crippen LogP contribution in [0.25, 0.3) is 0 Å². The Morgan fingerprint density at radius 2 is 1.65 bits per heavy atom. The molecule has 2 rings (SSSR count). The Balaban J connectivity index is 2.28. The number of hydrogen-bond acceptors (Lipinski definition) is 4. The van der Waals surface area contributed by atoms with Gasteiger partial charge in [0.05, 0.1) is 10.6 Å². The Hall–Kier alpha value is -2.01. The van der Waals surface area contributed by atoms with E-state index in [1.165, 1.54) is 6.26 Å². The molecule has 2 aromatic carbocycles. The quantitative estimate of drug-likeness (QED) is 0.909. The number of para-hydroxylation sites is 1. The summed E-state index contributed by atoms with van der Waals surface area (Å²) in [7, 11) is -3.27. The van der Waals surface area contributed by atoms with Crippen molar-refractivity contribution in [3.63, 3.8) is 0 Å². The van der Waals surface area contributed by atoms with E-state index in [2.05, 4.69) is 5.32 Å².